The third kappa shape index (κ3) is 16.5. The van der Waals surface area contributed by atoms with Crippen LogP contribution in [0.15, 0.2) is 12.2 Å². The predicted molar refractivity (Wildman–Crippen MR) is 123 cm³/mol. The smallest absolute Gasteiger partial charge is 0.306 e. The van der Waals surface area contributed by atoms with Gasteiger partial charge in [-0.3, -0.25) is 9.59 Å². The fourth-order valence-electron chi connectivity index (χ4n) is 3.88. The maximum Gasteiger partial charge on any atom is 0.306 e. The van der Waals surface area contributed by atoms with Crippen LogP contribution in [-0.4, -0.2) is 25.2 Å². The zero-order valence-corrected chi connectivity index (χ0v) is 19.5. The minimum atomic E-state index is -0.299. The lowest BCUT2D eigenvalue weighted by atomic mass is 9.97. The molecule has 0 bridgehead atoms. The summed E-state index contributed by atoms with van der Waals surface area (Å²) in [5, 5.41) is 0. The fourth-order valence-corrected chi connectivity index (χ4v) is 3.88. The Hall–Kier alpha value is -1.32. The zero-order valence-electron chi connectivity index (χ0n) is 19.5. The van der Waals surface area contributed by atoms with Gasteiger partial charge >= 0.3 is 11.9 Å². The van der Waals surface area contributed by atoms with Crippen molar-refractivity contribution in [2.24, 2.45) is 5.92 Å². The Bertz CT molecular complexity index is 458. The van der Waals surface area contributed by atoms with Crippen LogP contribution >= 0.6 is 0 Å². The van der Waals surface area contributed by atoms with Gasteiger partial charge in [-0.2, -0.15) is 0 Å². The van der Waals surface area contributed by atoms with E-state index in [1.54, 1.807) is 0 Å². The molecule has 0 amide bonds. The van der Waals surface area contributed by atoms with E-state index in [9.17, 15) is 9.59 Å². The lowest BCUT2D eigenvalue weighted by molar-refractivity contribution is -0.151. The van der Waals surface area contributed by atoms with Gasteiger partial charge in [0.15, 0.2) is 0 Å². The number of esters is 2. The van der Waals surface area contributed by atoms with Gasteiger partial charge in [0.1, 0.15) is 0 Å². The molecule has 0 fully saturated rings. The van der Waals surface area contributed by atoms with Gasteiger partial charge in [-0.1, -0.05) is 96.1 Å². The van der Waals surface area contributed by atoms with Crippen molar-refractivity contribution >= 4 is 11.9 Å². The van der Waals surface area contributed by atoms with Crippen LogP contribution in [0.3, 0.4) is 0 Å². The molecule has 4 heteroatoms. The van der Waals surface area contributed by atoms with E-state index in [0.29, 0.717) is 19.1 Å². The third-order valence-corrected chi connectivity index (χ3v) is 5.86. The van der Waals surface area contributed by atoms with Crippen LogP contribution in [0.4, 0.5) is 0 Å². The number of carbonyl (C=O) groups is 2. The first-order valence-electron chi connectivity index (χ1n) is 12.7. The number of hydrogen-bond donors (Lipinski definition) is 0. The molecule has 0 aromatic rings. The highest BCUT2D eigenvalue weighted by Crippen LogP contribution is 2.17. The standard InChI is InChI=1S/C26H46O4/c1-2-3-4-5-6-7-8-9-10-11-12-13-17-22-29-25(27)20-21-26(28)30-23-24-18-15-14-16-19-24/h15,18,24H,2-14,16-17,19-23H2,1H3. The highest BCUT2D eigenvalue weighted by molar-refractivity contribution is 5.77. The van der Waals surface area contributed by atoms with Crippen molar-refractivity contribution in [1.29, 1.82) is 0 Å². The van der Waals surface area contributed by atoms with E-state index in [1.165, 1.54) is 70.6 Å². The topological polar surface area (TPSA) is 52.6 Å². The molecule has 0 aliphatic heterocycles. The fraction of sp³-hybridized carbons (Fsp3) is 0.846. The Kier molecular flexibility index (Phi) is 17.5. The summed E-state index contributed by atoms with van der Waals surface area (Å²) in [5.74, 6) is -0.250. The van der Waals surface area contributed by atoms with Crippen molar-refractivity contribution in [1.82, 2.24) is 0 Å². The van der Waals surface area contributed by atoms with E-state index in [0.717, 1.165) is 32.1 Å². The summed E-state index contributed by atoms with van der Waals surface area (Å²) in [4.78, 5) is 23.5. The van der Waals surface area contributed by atoms with Crippen molar-refractivity contribution in [3.8, 4) is 0 Å². The molecule has 0 heterocycles. The molecule has 0 saturated carbocycles. The maximum absolute atomic E-state index is 11.7. The van der Waals surface area contributed by atoms with E-state index in [4.69, 9.17) is 9.47 Å². The minimum Gasteiger partial charge on any atom is -0.466 e. The second kappa shape index (κ2) is 19.6. The average Bonchev–Trinajstić information content (AvgIpc) is 2.77. The summed E-state index contributed by atoms with van der Waals surface area (Å²) in [5.41, 5.74) is 0. The molecule has 0 aromatic heterocycles. The van der Waals surface area contributed by atoms with E-state index in [-0.39, 0.29) is 24.8 Å². The summed E-state index contributed by atoms with van der Waals surface area (Å²) in [6.45, 7) is 3.17. The van der Waals surface area contributed by atoms with Crippen molar-refractivity contribution < 1.29 is 19.1 Å². The molecule has 4 nitrogen and oxygen atoms in total. The first kappa shape index (κ1) is 26.7. The molecule has 0 saturated heterocycles. The van der Waals surface area contributed by atoms with Crippen LogP contribution in [-0.2, 0) is 19.1 Å². The molecular weight excluding hydrogens is 376 g/mol. The number of unbranched alkanes of at least 4 members (excludes halogenated alkanes) is 12. The van der Waals surface area contributed by atoms with E-state index in [2.05, 4.69) is 19.1 Å². The summed E-state index contributed by atoms with van der Waals surface area (Å²) < 4.78 is 10.5. The Balaban J connectivity index is 1.81. The Morgan fingerprint density at radius 3 is 1.83 bits per heavy atom. The number of rotatable bonds is 19. The van der Waals surface area contributed by atoms with Crippen LogP contribution in [0.2, 0.25) is 0 Å². The predicted octanol–water partition coefficient (Wildman–Crippen LogP) is 7.30. The molecule has 1 unspecified atom stereocenters. The van der Waals surface area contributed by atoms with Crippen LogP contribution in [0, 0.1) is 5.92 Å². The van der Waals surface area contributed by atoms with Crippen molar-refractivity contribution in [2.45, 2.75) is 122 Å². The van der Waals surface area contributed by atoms with Gasteiger partial charge in [-0.15, -0.1) is 0 Å². The van der Waals surface area contributed by atoms with E-state index >= 15 is 0 Å². The normalized spacial score (nSPS) is 15.8. The van der Waals surface area contributed by atoms with Crippen LogP contribution < -0.4 is 0 Å². The molecule has 0 N–H and O–H groups in total. The average molecular weight is 423 g/mol. The molecule has 0 aromatic carbocycles. The second-order valence-electron chi connectivity index (χ2n) is 8.77. The third-order valence-electron chi connectivity index (χ3n) is 5.86. The minimum absolute atomic E-state index is 0.119. The summed E-state index contributed by atoms with van der Waals surface area (Å²) in [7, 11) is 0. The van der Waals surface area contributed by atoms with Gasteiger partial charge in [0.2, 0.25) is 0 Å². The quantitative estimate of drug-likeness (QED) is 0.124. The highest BCUT2D eigenvalue weighted by atomic mass is 16.5. The summed E-state index contributed by atoms with van der Waals surface area (Å²) in [6.07, 6.45) is 24.8. The monoisotopic (exact) mass is 422 g/mol. The summed E-state index contributed by atoms with van der Waals surface area (Å²) in [6, 6.07) is 0. The van der Waals surface area contributed by atoms with Gasteiger partial charge in [-0.05, 0) is 25.7 Å². The molecule has 1 atom stereocenters. The first-order chi connectivity index (χ1) is 14.7. The number of carbonyl (C=O) groups excluding carboxylic acids is 2. The number of hydrogen-bond acceptors (Lipinski definition) is 4. The van der Waals surface area contributed by atoms with E-state index in [1.807, 2.05) is 0 Å². The largest absolute Gasteiger partial charge is 0.466 e. The van der Waals surface area contributed by atoms with Gasteiger partial charge in [0, 0.05) is 5.92 Å². The number of allylic oxidation sites excluding steroid dienone is 1. The Morgan fingerprint density at radius 2 is 1.30 bits per heavy atom. The highest BCUT2D eigenvalue weighted by Gasteiger charge is 2.13. The van der Waals surface area contributed by atoms with Crippen LogP contribution in [0.1, 0.15) is 122 Å². The lowest BCUT2D eigenvalue weighted by Crippen LogP contribution is -2.15. The Labute approximate surface area is 185 Å². The molecule has 0 radical (unpaired) electrons. The van der Waals surface area contributed by atoms with Crippen molar-refractivity contribution in [3.05, 3.63) is 12.2 Å². The van der Waals surface area contributed by atoms with Crippen molar-refractivity contribution in [2.75, 3.05) is 13.2 Å². The molecule has 0 spiro atoms. The van der Waals surface area contributed by atoms with Crippen molar-refractivity contribution in [3.63, 3.8) is 0 Å². The van der Waals surface area contributed by atoms with E-state index < -0.39 is 0 Å². The number of ether oxygens (including phenoxy) is 2. The molecule has 174 valence electrons. The van der Waals surface area contributed by atoms with Gasteiger partial charge in [0.05, 0.1) is 26.1 Å². The molecule has 1 aliphatic rings. The second-order valence-corrected chi connectivity index (χ2v) is 8.77. The van der Waals surface area contributed by atoms with Gasteiger partial charge < -0.3 is 9.47 Å². The van der Waals surface area contributed by atoms with Gasteiger partial charge in [-0.25, -0.2) is 0 Å². The molecule has 1 rings (SSSR count). The van der Waals surface area contributed by atoms with Gasteiger partial charge in [0.25, 0.3) is 0 Å². The first-order valence-corrected chi connectivity index (χ1v) is 12.7. The van der Waals surface area contributed by atoms with Crippen LogP contribution in [0.5, 0.6) is 0 Å². The zero-order chi connectivity index (χ0) is 21.7. The summed E-state index contributed by atoms with van der Waals surface area (Å²) >= 11 is 0. The van der Waals surface area contributed by atoms with Crippen LogP contribution in [0.25, 0.3) is 0 Å². The maximum atomic E-state index is 11.7. The molecular formula is C26H46O4. The SMILES string of the molecule is CCCCCCCCCCCCCCCOC(=O)CCC(=O)OCC1C=CCCC1. The lowest BCUT2D eigenvalue weighted by Gasteiger charge is -2.15. The molecule has 30 heavy (non-hydrogen) atoms. The Morgan fingerprint density at radius 1 is 0.767 bits per heavy atom. The molecule has 1 aliphatic carbocycles.